The van der Waals surface area contributed by atoms with Crippen LogP contribution in [0.25, 0.3) is 0 Å². The minimum Gasteiger partial charge on any atom is -0.351 e. The van der Waals surface area contributed by atoms with Crippen LogP contribution in [0.4, 0.5) is 0 Å². The second-order valence-corrected chi connectivity index (χ2v) is 8.87. The van der Waals surface area contributed by atoms with Crippen LogP contribution in [-0.4, -0.2) is 29.8 Å². The fourth-order valence-electron chi connectivity index (χ4n) is 4.58. The first kappa shape index (κ1) is 16.1. The van der Waals surface area contributed by atoms with Crippen molar-refractivity contribution in [3.8, 4) is 0 Å². The smallest absolute Gasteiger partial charge is 0.224 e. The highest BCUT2D eigenvalue weighted by Gasteiger charge is 2.61. The van der Waals surface area contributed by atoms with E-state index in [0.29, 0.717) is 18.4 Å². The van der Waals surface area contributed by atoms with Crippen LogP contribution in [0.15, 0.2) is 17.5 Å². The van der Waals surface area contributed by atoms with Crippen molar-refractivity contribution in [1.29, 1.82) is 0 Å². The Morgan fingerprint density at radius 2 is 2.17 bits per heavy atom. The van der Waals surface area contributed by atoms with Gasteiger partial charge in [0.25, 0.3) is 0 Å². The maximum atomic E-state index is 12.5. The molecule has 1 aliphatic heterocycles. The Balaban J connectivity index is 1.25. The first-order chi connectivity index (χ1) is 11.7. The number of carbonyl (C=O) groups is 2. The molecular weight excluding hydrogens is 320 g/mol. The standard InChI is InChI=1S/C19H26N2O2S/c22-17(10-14-4-1-2-5-14)21-8-7-19(13-21)11-16(19)18(23)20-12-15-6-3-9-24-15/h3,6,9,14,16H,1-2,4-5,7-8,10-13H2,(H,20,23)/t16-,19-/m1/s1. The maximum absolute atomic E-state index is 12.5. The molecule has 2 aliphatic carbocycles. The highest BCUT2D eigenvalue weighted by atomic mass is 32.1. The molecule has 0 radical (unpaired) electrons. The molecule has 0 aromatic carbocycles. The minimum atomic E-state index is 0.0882. The summed E-state index contributed by atoms with van der Waals surface area (Å²) in [5.74, 6) is 1.22. The zero-order valence-electron chi connectivity index (χ0n) is 14.1. The Morgan fingerprint density at radius 1 is 1.33 bits per heavy atom. The summed E-state index contributed by atoms with van der Waals surface area (Å²) in [6.07, 6.45) is 7.70. The summed E-state index contributed by atoms with van der Waals surface area (Å²) in [6.45, 7) is 2.28. The molecule has 1 aromatic rings. The Morgan fingerprint density at radius 3 is 2.92 bits per heavy atom. The van der Waals surface area contributed by atoms with Gasteiger partial charge in [0, 0.05) is 35.7 Å². The maximum Gasteiger partial charge on any atom is 0.224 e. The van der Waals surface area contributed by atoms with Crippen molar-refractivity contribution in [1.82, 2.24) is 10.2 Å². The van der Waals surface area contributed by atoms with Crippen molar-refractivity contribution in [2.24, 2.45) is 17.3 Å². The molecular formula is C19H26N2O2S. The first-order valence-electron chi connectivity index (χ1n) is 9.24. The summed E-state index contributed by atoms with van der Waals surface area (Å²) in [5, 5.41) is 5.10. The number of hydrogen-bond acceptors (Lipinski definition) is 3. The Hall–Kier alpha value is -1.36. The van der Waals surface area contributed by atoms with Gasteiger partial charge in [0.1, 0.15) is 0 Å². The molecule has 4 rings (SSSR count). The van der Waals surface area contributed by atoms with E-state index in [1.165, 1.54) is 30.6 Å². The summed E-state index contributed by atoms with van der Waals surface area (Å²) in [7, 11) is 0. The molecule has 2 amide bonds. The molecule has 4 nitrogen and oxygen atoms in total. The van der Waals surface area contributed by atoms with E-state index in [4.69, 9.17) is 0 Å². The van der Waals surface area contributed by atoms with E-state index in [0.717, 1.165) is 32.4 Å². The second-order valence-electron chi connectivity index (χ2n) is 7.84. The van der Waals surface area contributed by atoms with Gasteiger partial charge in [-0.15, -0.1) is 11.3 Å². The molecule has 1 aromatic heterocycles. The molecule has 1 spiro atoms. The van der Waals surface area contributed by atoms with Crippen LogP contribution in [0.1, 0.15) is 49.8 Å². The number of amides is 2. The quantitative estimate of drug-likeness (QED) is 0.890. The molecule has 2 atom stereocenters. The van der Waals surface area contributed by atoms with Gasteiger partial charge in [-0.2, -0.15) is 0 Å². The van der Waals surface area contributed by atoms with Gasteiger partial charge >= 0.3 is 0 Å². The molecule has 3 fully saturated rings. The van der Waals surface area contributed by atoms with Gasteiger partial charge in [-0.1, -0.05) is 18.9 Å². The minimum absolute atomic E-state index is 0.0882. The molecule has 1 saturated heterocycles. The number of hydrogen-bond donors (Lipinski definition) is 1. The zero-order chi connectivity index (χ0) is 16.6. The normalized spacial score (nSPS) is 29.3. The van der Waals surface area contributed by atoms with Crippen LogP contribution in [-0.2, 0) is 16.1 Å². The summed E-state index contributed by atoms with van der Waals surface area (Å²) in [4.78, 5) is 28.1. The molecule has 24 heavy (non-hydrogen) atoms. The fourth-order valence-corrected chi connectivity index (χ4v) is 5.22. The van der Waals surface area contributed by atoms with Crippen molar-refractivity contribution < 1.29 is 9.59 Å². The number of carbonyl (C=O) groups excluding carboxylic acids is 2. The average Bonchev–Trinajstić information content (AvgIpc) is 3.07. The number of nitrogens with one attached hydrogen (secondary N) is 1. The van der Waals surface area contributed by atoms with Crippen LogP contribution in [0.5, 0.6) is 0 Å². The van der Waals surface area contributed by atoms with E-state index in [2.05, 4.69) is 5.32 Å². The van der Waals surface area contributed by atoms with Crippen molar-refractivity contribution in [3.05, 3.63) is 22.4 Å². The predicted octanol–water partition coefficient (Wildman–Crippen LogP) is 3.18. The number of rotatable bonds is 5. The van der Waals surface area contributed by atoms with Crippen LogP contribution in [0.3, 0.4) is 0 Å². The van der Waals surface area contributed by atoms with Gasteiger partial charge in [-0.3, -0.25) is 9.59 Å². The molecule has 0 unspecified atom stereocenters. The van der Waals surface area contributed by atoms with Crippen LogP contribution < -0.4 is 5.32 Å². The second kappa shape index (κ2) is 6.51. The highest BCUT2D eigenvalue weighted by Crippen LogP contribution is 2.58. The third-order valence-electron chi connectivity index (χ3n) is 6.20. The predicted molar refractivity (Wildman–Crippen MR) is 94.5 cm³/mol. The monoisotopic (exact) mass is 346 g/mol. The first-order valence-corrected chi connectivity index (χ1v) is 10.1. The van der Waals surface area contributed by atoms with Gasteiger partial charge < -0.3 is 10.2 Å². The van der Waals surface area contributed by atoms with Gasteiger partial charge in [-0.05, 0) is 43.0 Å². The van der Waals surface area contributed by atoms with Gasteiger partial charge in [-0.25, -0.2) is 0 Å². The van der Waals surface area contributed by atoms with Crippen molar-refractivity contribution in [2.45, 2.75) is 51.5 Å². The SMILES string of the molecule is O=C(NCc1cccs1)[C@H]1C[C@@]12CCN(C(=O)CC1CCCC1)C2. The molecule has 0 bridgehead atoms. The van der Waals surface area contributed by atoms with Crippen molar-refractivity contribution in [2.75, 3.05) is 13.1 Å². The third-order valence-corrected chi connectivity index (χ3v) is 7.08. The zero-order valence-corrected chi connectivity index (χ0v) is 14.9. The van der Waals surface area contributed by atoms with Crippen LogP contribution in [0.2, 0.25) is 0 Å². The molecule has 130 valence electrons. The number of nitrogens with zero attached hydrogens (tertiary/aromatic N) is 1. The van der Waals surface area contributed by atoms with Crippen LogP contribution in [0, 0.1) is 17.3 Å². The lowest BCUT2D eigenvalue weighted by Gasteiger charge is -2.19. The van der Waals surface area contributed by atoms with E-state index in [-0.39, 0.29) is 17.2 Å². The largest absolute Gasteiger partial charge is 0.351 e. The van der Waals surface area contributed by atoms with Gasteiger partial charge in [0.15, 0.2) is 0 Å². The van der Waals surface area contributed by atoms with Crippen molar-refractivity contribution >= 4 is 23.2 Å². The summed E-state index contributed by atoms with van der Waals surface area (Å²) in [5.41, 5.74) is 0.0882. The molecule has 1 N–H and O–H groups in total. The Kier molecular flexibility index (Phi) is 4.37. The molecule has 2 saturated carbocycles. The highest BCUT2D eigenvalue weighted by molar-refractivity contribution is 7.09. The molecule has 2 heterocycles. The fraction of sp³-hybridized carbons (Fsp3) is 0.684. The van der Waals surface area contributed by atoms with E-state index in [9.17, 15) is 9.59 Å². The Bertz CT molecular complexity index is 609. The van der Waals surface area contributed by atoms with E-state index in [1.54, 1.807) is 11.3 Å². The number of likely N-dealkylation sites (tertiary alicyclic amines) is 1. The third kappa shape index (κ3) is 3.23. The number of thiophene rings is 1. The summed E-state index contributed by atoms with van der Waals surface area (Å²) in [6, 6.07) is 4.06. The van der Waals surface area contributed by atoms with Gasteiger partial charge in [0.05, 0.1) is 6.54 Å². The Labute approximate surface area is 147 Å². The molecule has 3 aliphatic rings. The van der Waals surface area contributed by atoms with Crippen LogP contribution >= 0.6 is 11.3 Å². The average molecular weight is 346 g/mol. The summed E-state index contributed by atoms with van der Waals surface area (Å²) < 4.78 is 0. The van der Waals surface area contributed by atoms with Crippen molar-refractivity contribution in [3.63, 3.8) is 0 Å². The lowest BCUT2D eigenvalue weighted by molar-refractivity contribution is -0.131. The molecule has 5 heteroatoms. The van der Waals surface area contributed by atoms with E-state index >= 15 is 0 Å². The van der Waals surface area contributed by atoms with E-state index < -0.39 is 0 Å². The van der Waals surface area contributed by atoms with Gasteiger partial charge in [0.2, 0.25) is 11.8 Å². The van der Waals surface area contributed by atoms with E-state index in [1.807, 2.05) is 22.4 Å². The summed E-state index contributed by atoms with van der Waals surface area (Å²) >= 11 is 1.67. The lowest BCUT2D eigenvalue weighted by atomic mass is 10.0. The topological polar surface area (TPSA) is 49.4 Å². The lowest BCUT2D eigenvalue weighted by Crippen LogP contribution is -2.31.